The third-order valence-corrected chi connectivity index (χ3v) is 4.57. The van der Waals surface area contributed by atoms with E-state index in [1.165, 1.54) is 4.31 Å². The molecular weight excluding hydrogens is 260 g/mol. The van der Waals surface area contributed by atoms with E-state index in [1.807, 2.05) is 6.07 Å². The van der Waals surface area contributed by atoms with Gasteiger partial charge in [-0.25, -0.2) is 8.42 Å². The second-order valence-corrected chi connectivity index (χ2v) is 6.44. The van der Waals surface area contributed by atoms with Crippen molar-refractivity contribution in [3.63, 3.8) is 0 Å². The Labute approximate surface area is 116 Å². The fourth-order valence-corrected chi connectivity index (χ4v) is 2.90. The van der Waals surface area contributed by atoms with Crippen molar-refractivity contribution in [3.05, 3.63) is 42.5 Å². The fourth-order valence-electron chi connectivity index (χ4n) is 1.69. The number of rotatable bonds is 8. The van der Waals surface area contributed by atoms with Crippen LogP contribution in [0.2, 0.25) is 0 Å². The molecule has 0 heterocycles. The predicted octanol–water partition coefficient (Wildman–Crippen LogP) is 1.99. The molecule has 0 unspecified atom stereocenters. The second-order valence-electron chi connectivity index (χ2n) is 4.40. The van der Waals surface area contributed by atoms with Crippen LogP contribution in [0, 0.1) is 0 Å². The maximum atomic E-state index is 12.3. The maximum Gasteiger partial charge on any atom is 0.243 e. The molecule has 1 N–H and O–H groups in total. The Bertz CT molecular complexity index is 512. The number of benzene rings is 1. The van der Waals surface area contributed by atoms with Crippen LogP contribution in [-0.2, 0) is 16.6 Å². The zero-order valence-electron chi connectivity index (χ0n) is 11.6. The Morgan fingerprint density at radius 2 is 2.16 bits per heavy atom. The average Bonchev–Trinajstić information content (AvgIpc) is 2.39. The van der Waals surface area contributed by atoms with Crippen LogP contribution in [-0.4, -0.2) is 32.9 Å². The highest BCUT2D eigenvalue weighted by atomic mass is 32.2. The minimum Gasteiger partial charge on any atom is -0.313 e. The maximum absolute atomic E-state index is 12.3. The first-order valence-electron chi connectivity index (χ1n) is 6.39. The van der Waals surface area contributed by atoms with Gasteiger partial charge >= 0.3 is 0 Å². The van der Waals surface area contributed by atoms with E-state index in [2.05, 4.69) is 18.8 Å². The Kier molecular flexibility index (Phi) is 6.21. The molecule has 0 radical (unpaired) electrons. The lowest BCUT2D eigenvalue weighted by Gasteiger charge is -2.15. The summed E-state index contributed by atoms with van der Waals surface area (Å²) in [7, 11) is -1.87. The quantitative estimate of drug-likeness (QED) is 0.586. The lowest BCUT2D eigenvalue weighted by molar-refractivity contribution is 0.499. The molecule has 106 valence electrons. The molecule has 0 aromatic heterocycles. The highest BCUT2D eigenvalue weighted by molar-refractivity contribution is 7.89. The van der Waals surface area contributed by atoms with E-state index in [4.69, 9.17) is 0 Å². The van der Waals surface area contributed by atoms with E-state index >= 15 is 0 Å². The number of hydrogen-bond acceptors (Lipinski definition) is 3. The molecule has 19 heavy (non-hydrogen) atoms. The molecule has 5 heteroatoms. The zero-order chi connectivity index (χ0) is 14.3. The van der Waals surface area contributed by atoms with Crippen LogP contribution in [0.5, 0.6) is 0 Å². The lowest BCUT2D eigenvalue weighted by Crippen LogP contribution is -2.27. The molecule has 0 bridgehead atoms. The monoisotopic (exact) mass is 282 g/mol. The van der Waals surface area contributed by atoms with Crippen LogP contribution in [0.1, 0.15) is 18.9 Å². The molecule has 0 saturated heterocycles. The van der Waals surface area contributed by atoms with Gasteiger partial charge in [-0.05, 0) is 30.7 Å². The first-order valence-corrected chi connectivity index (χ1v) is 7.83. The van der Waals surface area contributed by atoms with E-state index in [9.17, 15) is 8.42 Å². The standard InChI is InChI=1S/C14H22N2O2S/c1-4-9-15-12-13-7-6-8-14(11-13)19(17,18)16(3)10-5-2/h5-8,11,15H,2,4,9-10,12H2,1,3H3. The lowest BCUT2D eigenvalue weighted by atomic mass is 10.2. The van der Waals surface area contributed by atoms with Crippen molar-refractivity contribution in [2.75, 3.05) is 20.1 Å². The van der Waals surface area contributed by atoms with Crippen LogP contribution in [0.15, 0.2) is 41.8 Å². The second kappa shape index (κ2) is 7.43. The molecule has 0 amide bonds. The molecule has 0 fully saturated rings. The summed E-state index contributed by atoms with van der Waals surface area (Å²) in [6.45, 7) is 7.57. The fraction of sp³-hybridized carbons (Fsp3) is 0.429. The smallest absolute Gasteiger partial charge is 0.243 e. The minimum atomic E-state index is -3.42. The summed E-state index contributed by atoms with van der Waals surface area (Å²) in [6, 6.07) is 7.04. The van der Waals surface area contributed by atoms with Gasteiger partial charge in [0, 0.05) is 20.1 Å². The molecule has 0 atom stereocenters. The van der Waals surface area contributed by atoms with Gasteiger partial charge in [0.15, 0.2) is 0 Å². The zero-order valence-corrected chi connectivity index (χ0v) is 12.4. The molecule has 1 aromatic carbocycles. The third-order valence-electron chi connectivity index (χ3n) is 2.75. The first-order chi connectivity index (χ1) is 9.02. The van der Waals surface area contributed by atoms with Crippen molar-refractivity contribution in [1.29, 1.82) is 0 Å². The summed E-state index contributed by atoms with van der Waals surface area (Å²) in [5, 5.41) is 3.26. The van der Waals surface area contributed by atoms with Gasteiger partial charge in [0.05, 0.1) is 4.90 Å². The predicted molar refractivity (Wildman–Crippen MR) is 78.5 cm³/mol. The van der Waals surface area contributed by atoms with Gasteiger partial charge in [0.2, 0.25) is 10.0 Å². The van der Waals surface area contributed by atoms with E-state index < -0.39 is 10.0 Å². The largest absolute Gasteiger partial charge is 0.313 e. The van der Waals surface area contributed by atoms with Crippen LogP contribution >= 0.6 is 0 Å². The van der Waals surface area contributed by atoms with Gasteiger partial charge in [-0.1, -0.05) is 25.1 Å². The molecular formula is C14H22N2O2S. The minimum absolute atomic E-state index is 0.306. The highest BCUT2D eigenvalue weighted by Crippen LogP contribution is 2.15. The van der Waals surface area contributed by atoms with Crippen molar-refractivity contribution in [2.45, 2.75) is 24.8 Å². The van der Waals surface area contributed by atoms with Crippen molar-refractivity contribution in [1.82, 2.24) is 9.62 Å². The van der Waals surface area contributed by atoms with Gasteiger partial charge < -0.3 is 5.32 Å². The topological polar surface area (TPSA) is 49.4 Å². The van der Waals surface area contributed by atoms with Crippen LogP contribution in [0.4, 0.5) is 0 Å². The Morgan fingerprint density at radius 1 is 1.42 bits per heavy atom. The van der Waals surface area contributed by atoms with Crippen molar-refractivity contribution in [3.8, 4) is 0 Å². The molecule has 4 nitrogen and oxygen atoms in total. The molecule has 0 aliphatic heterocycles. The number of hydrogen-bond donors (Lipinski definition) is 1. The molecule has 0 aliphatic rings. The first kappa shape index (κ1) is 15.9. The summed E-state index contributed by atoms with van der Waals surface area (Å²) in [6.07, 6.45) is 2.63. The Morgan fingerprint density at radius 3 is 2.79 bits per heavy atom. The number of nitrogens with one attached hydrogen (secondary N) is 1. The van der Waals surface area contributed by atoms with E-state index in [0.29, 0.717) is 18.0 Å². The highest BCUT2D eigenvalue weighted by Gasteiger charge is 2.19. The van der Waals surface area contributed by atoms with Crippen molar-refractivity contribution < 1.29 is 8.42 Å². The van der Waals surface area contributed by atoms with E-state index in [0.717, 1.165) is 18.5 Å². The van der Waals surface area contributed by atoms with Crippen LogP contribution in [0.25, 0.3) is 0 Å². The molecule has 1 rings (SSSR count). The SMILES string of the molecule is C=CCN(C)S(=O)(=O)c1cccc(CNCCC)c1. The van der Waals surface area contributed by atoms with Crippen LogP contribution < -0.4 is 5.32 Å². The van der Waals surface area contributed by atoms with Gasteiger partial charge in [-0.15, -0.1) is 6.58 Å². The molecule has 0 spiro atoms. The van der Waals surface area contributed by atoms with Gasteiger partial charge in [0.1, 0.15) is 0 Å². The summed E-state index contributed by atoms with van der Waals surface area (Å²) in [5.74, 6) is 0. The van der Waals surface area contributed by atoms with Gasteiger partial charge in [-0.3, -0.25) is 0 Å². The summed E-state index contributed by atoms with van der Waals surface area (Å²) < 4.78 is 25.8. The number of sulfonamides is 1. The average molecular weight is 282 g/mol. The summed E-state index contributed by atoms with van der Waals surface area (Å²) >= 11 is 0. The van der Waals surface area contributed by atoms with E-state index in [1.54, 1.807) is 31.3 Å². The van der Waals surface area contributed by atoms with Crippen molar-refractivity contribution in [2.24, 2.45) is 0 Å². The molecule has 0 saturated carbocycles. The van der Waals surface area contributed by atoms with Crippen LogP contribution in [0.3, 0.4) is 0 Å². The Hall–Kier alpha value is -1.17. The molecule has 0 aliphatic carbocycles. The third kappa shape index (κ3) is 4.45. The van der Waals surface area contributed by atoms with Crippen molar-refractivity contribution >= 4 is 10.0 Å². The normalized spacial score (nSPS) is 11.7. The number of nitrogens with zero attached hydrogens (tertiary/aromatic N) is 1. The van der Waals surface area contributed by atoms with Gasteiger partial charge in [0.25, 0.3) is 0 Å². The van der Waals surface area contributed by atoms with E-state index in [-0.39, 0.29) is 0 Å². The molecule has 1 aromatic rings. The summed E-state index contributed by atoms with van der Waals surface area (Å²) in [4.78, 5) is 0.327. The number of likely N-dealkylation sites (N-methyl/N-ethyl adjacent to an activating group) is 1. The summed E-state index contributed by atoms with van der Waals surface area (Å²) in [5.41, 5.74) is 0.974. The Balaban J connectivity index is 2.89. The van der Waals surface area contributed by atoms with Gasteiger partial charge in [-0.2, -0.15) is 4.31 Å².